The summed E-state index contributed by atoms with van der Waals surface area (Å²) >= 11 is 0. The summed E-state index contributed by atoms with van der Waals surface area (Å²) in [5.41, 5.74) is -0.546. The third-order valence-corrected chi connectivity index (χ3v) is 4.85. The van der Waals surface area contributed by atoms with Gasteiger partial charge in [0.15, 0.2) is 5.65 Å². The number of fused-ring (bicyclic) bond motifs is 1. The van der Waals surface area contributed by atoms with E-state index in [0.29, 0.717) is 23.8 Å². The normalized spacial score (nSPS) is 17.9. The van der Waals surface area contributed by atoms with Crippen LogP contribution >= 0.6 is 0 Å². The Kier molecular flexibility index (Phi) is 4.98. The fourth-order valence-corrected chi connectivity index (χ4v) is 3.45. The monoisotopic (exact) mass is 345 g/mol. The molecule has 1 aliphatic heterocycles. The van der Waals surface area contributed by atoms with E-state index in [1.54, 1.807) is 18.3 Å². The van der Waals surface area contributed by atoms with Gasteiger partial charge in [0.25, 0.3) is 0 Å². The largest absolute Gasteiger partial charge is 0.353 e. The lowest BCUT2D eigenvalue weighted by Gasteiger charge is -2.23. The lowest BCUT2D eigenvalue weighted by molar-refractivity contribution is -0.121. The number of nitrogens with zero attached hydrogens (tertiary/aromatic N) is 4. The number of rotatable bonds is 5. The minimum absolute atomic E-state index is 0.185. The van der Waals surface area contributed by atoms with E-state index in [2.05, 4.69) is 22.1 Å². The van der Waals surface area contributed by atoms with Crippen LogP contribution < -0.4 is 16.4 Å². The molecule has 134 valence electrons. The molecule has 0 saturated carbocycles. The molecule has 1 fully saturated rings. The summed E-state index contributed by atoms with van der Waals surface area (Å²) < 4.78 is 2.41. The van der Waals surface area contributed by atoms with Crippen molar-refractivity contribution in [2.45, 2.75) is 32.4 Å². The number of hydrogen-bond acceptors (Lipinski definition) is 5. The molecule has 1 saturated heterocycles. The van der Waals surface area contributed by atoms with Crippen LogP contribution in [0, 0.1) is 0 Å². The zero-order chi connectivity index (χ0) is 18.0. The van der Waals surface area contributed by atoms with Crippen molar-refractivity contribution in [2.24, 2.45) is 7.05 Å². The van der Waals surface area contributed by atoms with Gasteiger partial charge in [-0.15, -0.1) is 0 Å². The van der Waals surface area contributed by atoms with E-state index in [-0.39, 0.29) is 12.5 Å². The van der Waals surface area contributed by atoms with Crippen molar-refractivity contribution >= 4 is 17.1 Å². The Morgan fingerprint density at radius 3 is 2.92 bits per heavy atom. The van der Waals surface area contributed by atoms with Gasteiger partial charge in [-0.3, -0.25) is 28.4 Å². The molecule has 3 rings (SSSR count). The summed E-state index contributed by atoms with van der Waals surface area (Å²) in [6, 6.07) is 3.71. The Bertz CT molecular complexity index is 901. The van der Waals surface area contributed by atoms with E-state index < -0.39 is 11.1 Å². The van der Waals surface area contributed by atoms with Gasteiger partial charge in [-0.05, 0) is 38.1 Å². The standard InChI is InChI=1S/C17H23N5O3/c1-3-21-9-5-6-12(21)10-19-14(23)11-22-13-7-4-8-18-15(13)20(2)16(24)17(22)25/h4,7-8,12H,3,5-6,9-11H2,1-2H3,(H,19,23). The molecule has 0 bridgehead atoms. The molecule has 1 amide bonds. The second kappa shape index (κ2) is 7.18. The lowest BCUT2D eigenvalue weighted by atomic mass is 10.2. The van der Waals surface area contributed by atoms with Gasteiger partial charge in [-0.25, -0.2) is 4.98 Å². The quantitative estimate of drug-likeness (QED) is 0.751. The number of nitrogens with one attached hydrogen (secondary N) is 1. The number of likely N-dealkylation sites (N-methyl/N-ethyl adjacent to an activating group) is 1. The molecule has 2 aromatic heterocycles. The molecule has 25 heavy (non-hydrogen) atoms. The number of aromatic nitrogens is 3. The van der Waals surface area contributed by atoms with E-state index in [9.17, 15) is 14.4 Å². The van der Waals surface area contributed by atoms with Crippen LogP contribution in [0.15, 0.2) is 27.9 Å². The third-order valence-electron chi connectivity index (χ3n) is 4.85. The molecule has 0 radical (unpaired) electrons. The van der Waals surface area contributed by atoms with Crippen molar-refractivity contribution in [3.8, 4) is 0 Å². The predicted molar refractivity (Wildman–Crippen MR) is 94.5 cm³/mol. The molecule has 1 atom stereocenters. The molecule has 3 heterocycles. The van der Waals surface area contributed by atoms with Gasteiger partial charge >= 0.3 is 11.1 Å². The first-order chi connectivity index (χ1) is 12.0. The molecule has 0 aliphatic carbocycles. The number of pyridine rings is 1. The van der Waals surface area contributed by atoms with Crippen LogP contribution in [-0.4, -0.2) is 50.6 Å². The number of amides is 1. The Morgan fingerprint density at radius 1 is 1.36 bits per heavy atom. The Labute approximate surface area is 145 Å². The highest BCUT2D eigenvalue weighted by atomic mass is 16.2. The summed E-state index contributed by atoms with van der Waals surface area (Å²) in [5.74, 6) is -0.275. The first kappa shape index (κ1) is 17.3. The maximum atomic E-state index is 12.3. The van der Waals surface area contributed by atoms with Crippen molar-refractivity contribution in [3.63, 3.8) is 0 Å². The van der Waals surface area contributed by atoms with Gasteiger partial charge in [0.05, 0.1) is 5.52 Å². The van der Waals surface area contributed by atoms with Crippen LogP contribution in [0.5, 0.6) is 0 Å². The fourth-order valence-electron chi connectivity index (χ4n) is 3.45. The summed E-state index contributed by atoms with van der Waals surface area (Å²) in [5, 5.41) is 2.89. The van der Waals surface area contributed by atoms with Crippen LogP contribution in [-0.2, 0) is 18.4 Å². The zero-order valence-electron chi connectivity index (χ0n) is 14.6. The predicted octanol–water partition coefficient (Wildman–Crippen LogP) is -0.304. The Hall–Kier alpha value is -2.48. The van der Waals surface area contributed by atoms with E-state index >= 15 is 0 Å². The van der Waals surface area contributed by atoms with E-state index in [0.717, 1.165) is 25.9 Å². The third kappa shape index (κ3) is 3.34. The number of likely N-dealkylation sites (tertiary alicyclic amines) is 1. The van der Waals surface area contributed by atoms with Crippen LogP contribution in [0.25, 0.3) is 11.2 Å². The van der Waals surface area contributed by atoms with Crippen molar-refractivity contribution in [2.75, 3.05) is 19.6 Å². The molecule has 0 spiro atoms. The summed E-state index contributed by atoms with van der Waals surface area (Å²) in [4.78, 5) is 43.2. The molecule has 1 unspecified atom stereocenters. The minimum atomic E-state index is -0.714. The van der Waals surface area contributed by atoms with Crippen LogP contribution in [0.3, 0.4) is 0 Å². The molecule has 1 N–H and O–H groups in total. The Morgan fingerprint density at radius 2 is 2.16 bits per heavy atom. The summed E-state index contributed by atoms with van der Waals surface area (Å²) in [6.45, 7) is 4.50. The second-order valence-electron chi connectivity index (χ2n) is 6.33. The van der Waals surface area contributed by atoms with Crippen molar-refractivity contribution in [1.29, 1.82) is 0 Å². The van der Waals surface area contributed by atoms with Gasteiger partial charge < -0.3 is 5.32 Å². The van der Waals surface area contributed by atoms with E-state index in [1.807, 2.05) is 0 Å². The Balaban J connectivity index is 1.80. The maximum absolute atomic E-state index is 12.3. The van der Waals surface area contributed by atoms with Crippen molar-refractivity contribution in [3.05, 3.63) is 39.0 Å². The number of carbonyl (C=O) groups is 1. The highest BCUT2D eigenvalue weighted by Crippen LogP contribution is 2.15. The average molecular weight is 345 g/mol. The van der Waals surface area contributed by atoms with E-state index in [4.69, 9.17) is 0 Å². The molecule has 8 nitrogen and oxygen atoms in total. The summed E-state index contributed by atoms with van der Waals surface area (Å²) in [6.07, 6.45) is 3.75. The van der Waals surface area contributed by atoms with Crippen LogP contribution in [0.4, 0.5) is 0 Å². The molecule has 1 aliphatic rings. The highest BCUT2D eigenvalue weighted by Gasteiger charge is 2.23. The first-order valence-corrected chi connectivity index (χ1v) is 8.58. The molecule has 8 heteroatoms. The molecule has 0 aromatic carbocycles. The smallest absolute Gasteiger partial charge is 0.317 e. The van der Waals surface area contributed by atoms with E-state index in [1.165, 1.54) is 16.2 Å². The average Bonchev–Trinajstić information content (AvgIpc) is 3.09. The summed E-state index contributed by atoms with van der Waals surface area (Å²) in [7, 11) is 1.50. The van der Waals surface area contributed by atoms with Crippen molar-refractivity contribution in [1.82, 2.24) is 24.3 Å². The zero-order valence-corrected chi connectivity index (χ0v) is 14.6. The fraction of sp³-hybridized carbons (Fsp3) is 0.529. The topological polar surface area (TPSA) is 89.2 Å². The maximum Gasteiger partial charge on any atom is 0.317 e. The second-order valence-corrected chi connectivity index (χ2v) is 6.33. The highest BCUT2D eigenvalue weighted by molar-refractivity contribution is 5.78. The van der Waals surface area contributed by atoms with Crippen LogP contribution in [0.2, 0.25) is 0 Å². The first-order valence-electron chi connectivity index (χ1n) is 8.58. The molecular weight excluding hydrogens is 322 g/mol. The SMILES string of the molecule is CCN1CCCC1CNC(=O)Cn1c(=O)c(=O)n(C)c2ncccc21. The lowest BCUT2D eigenvalue weighted by Crippen LogP contribution is -2.45. The number of aryl methyl sites for hydroxylation is 1. The van der Waals surface area contributed by atoms with Gasteiger partial charge in [0, 0.05) is 25.8 Å². The van der Waals surface area contributed by atoms with Gasteiger partial charge in [0.2, 0.25) is 5.91 Å². The van der Waals surface area contributed by atoms with Crippen LogP contribution in [0.1, 0.15) is 19.8 Å². The van der Waals surface area contributed by atoms with Crippen molar-refractivity contribution < 1.29 is 4.79 Å². The minimum Gasteiger partial charge on any atom is -0.353 e. The molecular formula is C17H23N5O3. The van der Waals surface area contributed by atoms with Gasteiger partial charge in [-0.2, -0.15) is 0 Å². The number of hydrogen-bond donors (Lipinski definition) is 1. The van der Waals surface area contributed by atoms with Gasteiger partial charge in [-0.1, -0.05) is 6.92 Å². The molecule has 2 aromatic rings. The van der Waals surface area contributed by atoms with Gasteiger partial charge in [0.1, 0.15) is 6.54 Å². The number of carbonyl (C=O) groups excluding carboxylic acids is 1.